The molecule has 0 spiro atoms. The predicted octanol–water partition coefficient (Wildman–Crippen LogP) is 2.16. The molecule has 1 aliphatic rings. The lowest BCUT2D eigenvalue weighted by atomic mass is 10.1. The van der Waals surface area contributed by atoms with Crippen molar-refractivity contribution in [3.05, 3.63) is 53.9 Å². The van der Waals surface area contributed by atoms with Gasteiger partial charge in [-0.15, -0.1) is 0 Å². The Hall–Kier alpha value is -3.59. The van der Waals surface area contributed by atoms with Crippen LogP contribution in [0.1, 0.15) is 6.92 Å². The van der Waals surface area contributed by atoms with Gasteiger partial charge in [-0.2, -0.15) is 0 Å². The van der Waals surface area contributed by atoms with Crippen LogP contribution in [0.4, 0.5) is 11.4 Å². The minimum atomic E-state index is -0.751. The summed E-state index contributed by atoms with van der Waals surface area (Å²) in [6.07, 6.45) is 6.27. The first-order valence-corrected chi connectivity index (χ1v) is 9.01. The summed E-state index contributed by atoms with van der Waals surface area (Å²) in [5.74, 6) is -1.32. The van der Waals surface area contributed by atoms with Gasteiger partial charge in [0.25, 0.3) is 0 Å². The summed E-state index contributed by atoms with van der Waals surface area (Å²) >= 11 is 0. The predicted molar refractivity (Wildman–Crippen MR) is 110 cm³/mol. The van der Waals surface area contributed by atoms with Crippen molar-refractivity contribution in [2.24, 2.45) is 0 Å². The fourth-order valence-electron chi connectivity index (χ4n) is 2.69. The zero-order valence-corrected chi connectivity index (χ0v) is 17.3. The van der Waals surface area contributed by atoms with Gasteiger partial charge in [-0.1, -0.05) is 6.08 Å². The summed E-state index contributed by atoms with van der Waals surface area (Å²) in [5, 5.41) is 2.69. The van der Waals surface area contributed by atoms with Crippen molar-refractivity contribution in [2.75, 3.05) is 44.8 Å². The molecule has 0 aromatic heterocycles. The zero-order valence-electron chi connectivity index (χ0n) is 17.3. The van der Waals surface area contributed by atoms with E-state index in [0.717, 1.165) is 0 Å². The van der Waals surface area contributed by atoms with Crippen molar-refractivity contribution in [3.63, 3.8) is 0 Å². The van der Waals surface area contributed by atoms with Crippen molar-refractivity contribution in [3.8, 4) is 5.75 Å². The average Bonchev–Trinajstić information content (AvgIpc) is 2.96. The molecular formula is C21H24N2O7. The van der Waals surface area contributed by atoms with Gasteiger partial charge in [0.15, 0.2) is 0 Å². The standard InChI is InChI=1S/C21H24N2O7/c1-14(24)22-15-8-9-18(30-12-11-27-2)17(13-15)23-10-6-5-7-16(20(25)28-3)19(23)21(26)29-4/h5-10,13H,11-12H2,1-4H3,(H,22,24). The second-order valence-electron chi connectivity index (χ2n) is 6.02. The van der Waals surface area contributed by atoms with Crippen molar-refractivity contribution < 1.29 is 33.3 Å². The summed E-state index contributed by atoms with van der Waals surface area (Å²) in [7, 11) is 3.98. The van der Waals surface area contributed by atoms with E-state index in [-0.39, 0.29) is 23.8 Å². The number of amides is 1. The van der Waals surface area contributed by atoms with Gasteiger partial charge in [-0.25, -0.2) is 9.59 Å². The molecule has 1 heterocycles. The number of benzene rings is 1. The molecule has 2 rings (SSSR count). The van der Waals surface area contributed by atoms with E-state index >= 15 is 0 Å². The lowest BCUT2D eigenvalue weighted by Crippen LogP contribution is -2.27. The van der Waals surface area contributed by atoms with E-state index < -0.39 is 11.9 Å². The number of hydrogen-bond acceptors (Lipinski definition) is 8. The topological polar surface area (TPSA) is 103 Å². The highest BCUT2D eigenvalue weighted by molar-refractivity contribution is 6.06. The summed E-state index contributed by atoms with van der Waals surface area (Å²) in [5.41, 5.74) is 0.818. The minimum Gasteiger partial charge on any atom is -0.489 e. The molecule has 0 aliphatic carbocycles. The number of nitrogens with zero attached hydrogens (tertiary/aromatic N) is 1. The van der Waals surface area contributed by atoms with E-state index in [1.54, 1.807) is 43.7 Å². The number of carbonyl (C=O) groups is 3. The summed E-state index contributed by atoms with van der Waals surface area (Å²) in [6.45, 7) is 1.98. The fraction of sp³-hybridized carbons (Fsp3) is 0.286. The van der Waals surface area contributed by atoms with Crippen molar-refractivity contribution in [1.29, 1.82) is 0 Å². The summed E-state index contributed by atoms with van der Waals surface area (Å²) in [6, 6.07) is 4.93. The highest BCUT2D eigenvalue weighted by atomic mass is 16.5. The average molecular weight is 416 g/mol. The molecular weight excluding hydrogens is 392 g/mol. The van der Waals surface area contributed by atoms with Gasteiger partial charge >= 0.3 is 11.9 Å². The maximum absolute atomic E-state index is 12.6. The minimum absolute atomic E-state index is 0.00196. The van der Waals surface area contributed by atoms with Crippen molar-refractivity contribution in [1.82, 2.24) is 0 Å². The van der Waals surface area contributed by atoms with Crippen LogP contribution in [0, 0.1) is 0 Å². The smallest absolute Gasteiger partial charge is 0.355 e. The molecule has 1 aromatic rings. The number of rotatable bonds is 8. The molecule has 0 atom stereocenters. The number of nitrogens with one attached hydrogen (secondary N) is 1. The SMILES string of the molecule is COCCOc1ccc(NC(C)=O)cc1N1C=CC=CC(C(=O)OC)=C1C(=O)OC. The molecule has 0 unspecified atom stereocenters. The van der Waals surface area contributed by atoms with Crippen LogP contribution in [0.15, 0.2) is 53.9 Å². The van der Waals surface area contributed by atoms with Gasteiger partial charge in [0, 0.05) is 25.9 Å². The summed E-state index contributed by atoms with van der Waals surface area (Å²) < 4.78 is 20.5. The van der Waals surface area contributed by atoms with Crippen LogP contribution >= 0.6 is 0 Å². The molecule has 9 nitrogen and oxygen atoms in total. The molecule has 0 bridgehead atoms. The lowest BCUT2D eigenvalue weighted by Gasteiger charge is -2.26. The first kappa shape index (κ1) is 22.7. The Bertz CT molecular complexity index is 903. The van der Waals surface area contributed by atoms with Gasteiger partial charge in [0.05, 0.1) is 32.1 Å². The molecule has 30 heavy (non-hydrogen) atoms. The molecule has 1 amide bonds. The Morgan fingerprint density at radius 3 is 2.37 bits per heavy atom. The van der Waals surface area contributed by atoms with Gasteiger partial charge in [0.2, 0.25) is 5.91 Å². The van der Waals surface area contributed by atoms with E-state index in [0.29, 0.717) is 23.7 Å². The van der Waals surface area contributed by atoms with E-state index in [1.807, 2.05) is 0 Å². The van der Waals surface area contributed by atoms with Gasteiger partial charge < -0.3 is 29.2 Å². The molecule has 160 valence electrons. The monoisotopic (exact) mass is 416 g/mol. The maximum Gasteiger partial charge on any atom is 0.355 e. The second kappa shape index (κ2) is 10.8. The third-order valence-electron chi connectivity index (χ3n) is 3.97. The second-order valence-corrected chi connectivity index (χ2v) is 6.02. The van der Waals surface area contributed by atoms with Crippen LogP contribution in [0.25, 0.3) is 0 Å². The third-order valence-corrected chi connectivity index (χ3v) is 3.97. The normalized spacial score (nSPS) is 13.0. The van der Waals surface area contributed by atoms with Crippen LogP contribution in [-0.4, -0.2) is 52.4 Å². The number of hydrogen-bond donors (Lipinski definition) is 1. The van der Waals surface area contributed by atoms with E-state index in [1.165, 1.54) is 32.1 Å². The highest BCUT2D eigenvalue weighted by Crippen LogP contribution is 2.36. The molecule has 0 radical (unpaired) electrons. The summed E-state index contributed by atoms with van der Waals surface area (Å²) in [4.78, 5) is 37.9. The molecule has 0 saturated heterocycles. The number of allylic oxidation sites excluding steroid dienone is 2. The van der Waals surface area contributed by atoms with Crippen molar-refractivity contribution >= 4 is 29.2 Å². The molecule has 9 heteroatoms. The number of carbonyl (C=O) groups excluding carboxylic acids is 3. The largest absolute Gasteiger partial charge is 0.489 e. The Labute approximate surface area is 174 Å². The number of ether oxygens (including phenoxy) is 4. The Morgan fingerprint density at radius 1 is 1.00 bits per heavy atom. The van der Waals surface area contributed by atoms with E-state index in [9.17, 15) is 14.4 Å². The first-order chi connectivity index (χ1) is 14.4. The highest BCUT2D eigenvalue weighted by Gasteiger charge is 2.29. The Morgan fingerprint density at radius 2 is 1.73 bits per heavy atom. The van der Waals surface area contributed by atoms with Crippen LogP contribution in [-0.2, 0) is 28.6 Å². The number of methoxy groups -OCH3 is 3. The van der Waals surface area contributed by atoms with E-state index in [4.69, 9.17) is 18.9 Å². The van der Waals surface area contributed by atoms with Crippen LogP contribution < -0.4 is 15.0 Å². The van der Waals surface area contributed by atoms with Crippen LogP contribution in [0.3, 0.4) is 0 Å². The molecule has 0 saturated carbocycles. The fourth-order valence-corrected chi connectivity index (χ4v) is 2.69. The number of anilines is 2. The lowest BCUT2D eigenvalue weighted by molar-refractivity contribution is -0.139. The zero-order chi connectivity index (χ0) is 22.1. The Kier molecular flexibility index (Phi) is 8.18. The maximum atomic E-state index is 12.6. The molecule has 1 aromatic carbocycles. The number of esters is 2. The van der Waals surface area contributed by atoms with Gasteiger partial charge in [-0.3, -0.25) is 4.79 Å². The van der Waals surface area contributed by atoms with Crippen molar-refractivity contribution in [2.45, 2.75) is 6.92 Å². The Balaban J connectivity index is 2.67. The molecule has 0 fully saturated rings. The quantitative estimate of drug-likeness (QED) is 0.508. The van der Waals surface area contributed by atoms with Crippen LogP contribution in [0.5, 0.6) is 5.75 Å². The van der Waals surface area contributed by atoms with E-state index in [2.05, 4.69) is 5.32 Å². The van der Waals surface area contributed by atoms with Crippen LogP contribution in [0.2, 0.25) is 0 Å². The van der Waals surface area contributed by atoms with Gasteiger partial charge in [-0.05, 0) is 30.4 Å². The van der Waals surface area contributed by atoms with Gasteiger partial charge in [0.1, 0.15) is 18.1 Å². The molecule has 1 aliphatic heterocycles. The first-order valence-electron chi connectivity index (χ1n) is 9.01. The third kappa shape index (κ3) is 5.48. The molecule has 1 N–H and O–H groups in total.